The first-order valence-corrected chi connectivity index (χ1v) is 10.1. The zero-order valence-electron chi connectivity index (χ0n) is 15.8. The van der Waals surface area contributed by atoms with Gasteiger partial charge in [0.05, 0.1) is 5.56 Å². The quantitative estimate of drug-likeness (QED) is 0.648. The number of carbonyl (C=O) groups is 4. The van der Waals surface area contributed by atoms with Crippen LogP contribution in [-0.4, -0.2) is 35.2 Å². The summed E-state index contributed by atoms with van der Waals surface area (Å²) in [6.07, 6.45) is 2.55. The SMILES string of the molecule is CC1(c2ccccc2)NC(=O)N(CC(=O)Nc2sc3c(c2C(N)=O)CCC3)C1=O. The van der Waals surface area contributed by atoms with Crippen LogP contribution in [0.15, 0.2) is 30.3 Å². The second kappa shape index (κ2) is 7.00. The van der Waals surface area contributed by atoms with Crippen LogP contribution in [0.5, 0.6) is 0 Å². The van der Waals surface area contributed by atoms with Crippen molar-refractivity contribution < 1.29 is 19.2 Å². The van der Waals surface area contributed by atoms with Crippen LogP contribution in [0.25, 0.3) is 0 Å². The van der Waals surface area contributed by atoms with Crippen LogP contribution in [-0.2, 0) is 28.0 Å². The number of hydrogen-bond acceptors (Lipinski definition) is 5. The maximum absolute atomic E-state index is 12.9. The molecule has 1 aliphatic carbocycles. The fourth-order valence-corrected chi connectivity index (χ4v) is 5.18. The highest BCUT2D eigenvalue weighted by atomic mass is 32.1. The van der Waals surface area contributed by atoms with Crippen LogP contribution in [0.2, 0.25) is 0 Å². The Morgan fingerprint density at radius 2 is 1.97 bits per heavy atom. The van der Waals surface area contributed by atoms with Crippen molar-refractivity contribution in [3.05, 3.63) is 51.9 Å². The molecule has 1 aromatic heterocycles. The van der Waals surface area contributed by atoms with Crippen molar-refractivity contribution in [1.82, 2.24) is 10.2 Å². The number of nitrogens with one attached hydrogen (secondary N) is 2. The summed E-state index contributed by atoms with van der Waals surface area (Å²) in [5, 5.41) is 5.70. The third-order valence-electron chi connectivity index (χ3n) is 5.35. The van der Waals surface area contributed by atoms with Gasteiger partial charge in [-0.15, -0.1) is 11.3 Å². The van der Waals surface area contributed by atoms with Gasteiger partial charge in [0.1, 0.15) is 17.1 Å². The van der Waals surface area contributed by atoms with Crippen molar-refractivity contribution in [3.8, 4) is 0 Å². The van der Waals surface area contributed by atoms with E-state index >= 15 is 0 Å². The Balaban J connectivity index is 1.52. The highest BCUT2D eigenvalue weighted by Crippen LogP contribution is 2.39. The fourth-order valence-electron chi connectivity index (χ4n) is 3.87. The van der Waals surface area contributed by atoms with E-state index in [9.17, 15) is 19.2 Å². The number of primary amides is 1. The summed E-state index contributed by atoms with van der Waals surface area (Å²) in [5.41, 5.74) is 6.13. The van der Waals surface area contributed by atoms with Gasteiger partial charge in [-0.1, -0.05) is 30.3 Å². The van der Waals surface area contributed by atoms with E-state index in [0.29, 0.717) is 16.1 Å². The maximum Gasteiger partial charge on any atom is 0.325 e. The van der Waals surface area contributed by atoms with Crippen LogP contribution in [0.1, 0.15) is 39.7 Å². The third kappa shape index (κ3) is 3.17. The molecular formula is C20H20N4O4S. The number of amides is 5. The number of anilines is 1. The molecule has 0 radical (unpaired) electrons. The van der Waals surface area contributed by atoms with Crippen molar-refractivity contribution in [2.75, 3.05) is 11.9 Å². The zero-order valence-corrected chi connectivity index (χ0v) is 16.6. The molecule has 9 heteroatoms. The Labute approximate surface area is 171 Å². The van der Waals surface area contributed by atoms with Crippen LogP contribution in [0.4, 0.5) is 9.80 Å². The molecule has 4 rings (SSSR count). The smallest absolute Gasteiger partial charge is 0.325 e. The number of carbonyl (C=O) groups excluding carboxylic acids is 4. The summed E-state index contributed by atoms with van der Waals surface area (Å²) in [5.74, 6) is -1.66. The molecule has 0 bridgehead atoms. The lowest BCUT2D eigenvalue weighted by molar-refractivity contribution is -0.133. The first-order chi connectivity index (χ1) is 13.8. The van der Waals surface area contributed by atoms with Gasteiger partial charge in [-0.3, -0.25) is 19.3 Å². The molecule has 29 heavy (non-hydrogen) atoms. The van der Waals surface area contributed by atoms with Crippen molar-refractivity contribution in [2.24, 2.45) is 5.73 Å². The van der Waals surface area contributed by atoms with E-state index in [0.717, 1.165) is 34.6 Å². The summed E-state index contributed by atoms with van der Waals surface area (Å²) in [4.78, 5) is 51.7. The number of nitrogens with two attached hydrogens (primary N) is 1. The Hall–Kier alpha value is -3.20. The average Bonchev–Trinajstić information content (AvgIpc) is 3.31. The minimum atomic E-state index is -1.24. The molecular weight excluding hydrogens is 392 g/mol. The van der Waals surface area contributed by atoms with Crippen LogP contribution >= 0.6 is 11.3 Å². The molecule has 4 N–H and O–H groups in total. The number of imide groups is 1. The Morgan fingerprint density at radius 3 is 2.66 bits per heavy atom. The van der Waals surface area contributed by atoms with Crippen molar-refractivity contribution >= 4 is 40.1 Å². The normalized spacial score (nSPS) is 20.5. The molecule has 8 nitrogen and oxygen atoms in total. The van der Waals surface area contributed by atoms with E-state index in [4.69, 9.17) is 5.73 Å². The van der Waals surface area contributed by atoms with Crippen molar-refractivity contribution in [2.45, 2.75) is 31.7 Å². The van der Waals surface area contributed by atoms with E-state index < -0.39 is 35.8 Å². The van der Waals surface area contributed by atoms with Crippen molar-refractivity contribution in [1.29, 1.82) is 0 Å². The summed E-state index contributed by atoms with van der Waals surface area (Å²) in [7, 11) is 0. The standard InChI is InChI=1S/C20H20N4O4S/c1-20(11-6-3-2-4-7-11)18(27)24(19(28)23-20)10-14(25)22-17-15(16(21)26)12-8-5-9-13(12)29-17/h2-4,6-7H,5,8-10H2,1H3,(H2,21,26)(H,22,25)(H,23,28). The zero-order chi connectivity index (χ0) is 20.8. The van der Waals surface area contributed by atoms with E-state index in [1.165, 1.54) is 11.3 Å². The van der Waals surface area contributed by atoms with Crippen molar-refractivity contribution in [3.63, 3.8) is 0 Å². The second-order valence-corrected chi connectivity index (χ2v) is 8.39. The Kier molecular flexibility index (Phi) is 4.62. The number of fused-ring (bicyclic) bond motifs is 1. The number of thiophene rings is 1. The molecule has 1 atom stereocenters. The van der Waals surface area contributed by atoms with Gasteiger partial charge in [-0.05, 0) is 37.3 Å². The van der Waals surface area contributed by atoms with Gasteiger partial charge in [0.2, 0.25) is 5.91 Å². The predicted molar refractivity (Wildman–Crippen MR) is 108 cm³/mol. The topological polar surface area (TPSA) is 122 Å². The minimum absolute atomic E-state index is 0.335. The number of urea groups is 1. The molecule has 1 saturated heterocycles. The largest absolute Gasteiger partial charge is 0.365 e. The van der Waals surface area contributed by atoms with Gasteiger partial charge in [-0.2, -0.15) is 0 Å². The number of aryl methyl sites for hydroxylation is 1. The van der Waals surface area contributed by atoms with Gasteiger partial charge in [0, 0.05) is 4.88 Å². The van der Waals surface area contributed by atoms with Gasteiger partial charge < -0.3 is 16.4 Å². The molecule has 2 aromatic rings. The average molecular weight is 412 g/mol. The van der Waals surface area contributed by atoms with Crippen LogP contribution in [0.3, 0.4) is 0 Å². The third-order valence-corrected chi connectivity index (χ3v) is 6.56. The lowest BCUT2D eigenvalue weighted by atomic mass is 9.92. The molecule has 2 heterocycles. The van der Waals surface area contributed by atoms with E-state index in [1.807, 2.05) is 6.07 Å². The second-order valence-electron chi connectivity index (χ2n) is 7.29. The number of nitrogens with zero attached hydrogens (tertiary/aromatic N) is 1. The Bertz CT molecular complexity index is 1030. The molecule has 1 fully saturated rings. The summed E-state index contributed by atoms with van der Waals surface area (Å²) >= 11 is 1.32. The molecule has 150 valence electrons. The minimum Gasteiger partial charge on any atom is -0.365 e. The van der Waals surface area contributed by atoms with Gasteiger partial charge >= 0.3 is 6.03 Å². The van der Waals surface area contributed by atoms with Crippen LogP contribution in [0, 0.1) is 0 Å². The molecule has 0 saturated carbocycles. The van der Waals surface area contributed by atoms with E-state index in [-0.39, 0.29) is 0 Å². The molecule has 1 unspecified atom stereocenters. The van der Waals surface area contributed by atoms with E-state index in [2.05, 4.69) is 10.6 Å². The summed E-state index contributed by atoms with van der Waals surface area (Å²) in [6, 6.07) is 8.21. The molecule has 0 spiro atoms. The fraction of sp³-hybridized carbons (Fsp3) is 0.300. The highest BCUT2D eigenvalue weighted by Gasteiger charge is 2.49. The first kappa shape index (κ1) is 19.1. The predicted octanol–water partition coefficient (Wildman–Crippen LogP) is 1.74. The molecule has 5 amide bonds. The number of hydrogen-bond donors (Lipinski definition) is 3. The highest BCUT2D eigenvalue weighted by molar-refractivity contribution is 7.17. The van der Waals surface area contributed by atoms with Crippen LogP contribution < -0.4 is 16.4 Å². The monoisotopic (exact) mass is 412 g/mol. The first-order valence-electron chi connectivity index (χ1n) is 9.25. The summed E-state index contributed by atoms with van der Waals surface area (Å²) in [6.45, 7) is 1.16. The van der Waals surface area contributed by atoms with E-state index in [1.54, 1.807) is 31.2 Å². The molecule has 2 aliphatic rings. The molecule has 1 aliphatic heterocycles. The summed E-state index contributed by atoms with van der Waals surface area (Å²) < 4.78 is 0. The van der Waals surface area contributed by atoms with Gasteiger partial charge in [-0.25, -0.2) is 4.79 Å². The van der Waals surface area contributed by atoms with Gasteiger partial charge in [0.15, 0.2) is 0 Å². The Morgan fingerprint density at radius 1 is 1.24 bits per heavy atom. The maximum atomic E-state index is 12.9. The lowest BCUT2D eigenvalue weighted by Crippen LogP contribution is -2.42. The number of benzene rings is 1. The number of rotatable bonds is 5. The molecule has 1 aromatic carbocycles. The lowest BCUT2D eigenvalue weighted by Gasteiger charge is -2.22. The van der Waals surface area contributed by atoms with Gasteiger partial charge in [0.25, 0.3) is 11.8 Å².